The zero-order valence-electron chi connectivity index (χ0n) is 18.5. The molecule has 5 heteroatoms. The lowest BCUT2D eigenvalue weighted by Gasteiger charge is -2.39. The summed E-state index contributed by atoms with van der Waals surface area (Å²) in [4.78, 5) is 17.3. The zero-order valence-corrected chi connectivity index (χ0v) is 18.5. The molecule has 32 heavy (non-hydrogen) atoms. The van der Waals surface area contributed by atoms with Crippen LogP contribution in [0.2, 0.25) is 0 Å². The van der Waals surface area contributed by atoms with Crippen molar-refractivity contribution >= 4 is 17.4 Å². The van der Waals surface area contributed by atoms with Gasteiger partial charge in [-0.25, -0.2) is 4.79 Å². The van der Waals surface area contributed by atoms with Crippen molar-refractivity contribution in [3.8, 4) is 11.5 Å². The van der Waals surface area contributed by atoms with Crippen molar-refractivity contribution < 1.29 is 9.53 Å². The van der Waals surface area contributed by atoms with Crippen molar-refractivity contribution in [1.82, 2.24) is 4.90 Å². The van der Waals surface area contributed by atoms with Gasteiger partial charge in [-0.15, -0.1) is 0 Å². The van der Waals surface area contributed by atoms with Crippen LogP contribution >= 0.6 is 0 Å². The highest BCUT2D eigenvalue weighted by atomic mass is 16.5. The predicted molar refractivity (Wildman–Crippen MR) is 129 cm³/mol. The molecule has 0 spiro atoms. The molecule has 0 unspecified atom stereocenters. The molecule has 3 aromatic carbocycles. The van der Waals surface area contributed by atoms with Crippen LogP contribution in [0, 0.1) is 6.92 Å². The number of anilines is 2. The summed E-state index contributed by atoms with van der Waals surface area (Å²) in [6, 6.07) is 24.7. The molecular formula is C27H29N3O2. The number of piperidine rings is 1. The van der Waals surface area contributed by atoms with Gasteiger partial charge in [0.2, 0.25) is 0 Å². The molecule has 164 valence electrons. The molecule has 0 aromatic heterocycles. The lowest BCUT2D eigenvalue weighted by Crippen LogP contribution is -2.48. The first-order valence-electron chi connectivity index (χ1n) is 11.4. The van der Waals surface area contributed by atoms with E-state index in [4.69, 9.17) is 4.74 Å². The van der Waals surface area contributed by atoms with E-state index < -0.39 is 0 Å². The number of hydrogen-bond acceptors (Lipinski definition) is 3. The molecule has 0 saturated carbocycles. The second-order valence-corrected chi connectivity index (χ2v) is 8.61. The van der Waals surface area contributed by atoms with Gasteiger partial charge in [-0.2, -0.15) is 0 Å². The van der Waals surface area contributed by atoms with Gasteiger partial charge < -0.3 is 19.9 Å². The number of fused-ring (bicyclic) bond motifs is 1. The van der Waals surface area contributed by atoms with Crippen molar-refractivity contribution in [2.24, 2.45) is 0 Å². The molecule has 0 bridgehead atoms. The summed E-state index contributed by atoms with van der Waals surface area (Å²) in [5, 5.41) is 3.11. The van der Waals surface area contributed by atoms with Gasteiger partial charge in [0.1, 0.15) is 11.5 Å². The fraction of sp³-hybridized carbons (Fsp3) is 0.296. The smallest absolute Gasteiger partial charge is 0.322 e. The maximum absolute atomic E-state index is 12.9. The van der Waals surface area contributed by atoms with Crippen molar-refractivity contribution in [2.45, 2.75) is 32.2 Å². The summed E-state index contributed by atoms with van der Waals surface area (Å²) in [6.07, 6.45) is 2.83. The van der Waals surface area contributed by atoms with Crippen LogP contribution in [0.4, 0.5) is 16.2 Å². The number of benzene rings is 3. The maximum atomic E-state index is 12.9. The number of ether oxygens (including phenoxy) is 1. The van der Waals surface area contributed by atoms with Gasteiger partial charge in [0.25, 0.3) is 0 Å². The van der Waals surface area contributed by atoms with E-state index in [1.165, 1.54) is 11.3 Å². The minimum atomic E-state index is 0.0299. The molecule has 0 aliphatic carbocycles. The van der Waals surface area contributed by atoms with E-state index in [1.807, 2.05) is 53.4 Å². The second-order valence-electron chi connectivity index (χ2n) is 8.61. The third kappa shape index (κ3) is 4.28. The number of nitrogens with zero attached hydrogens (tertiary/aromatic N) is 2. The van der Waals surface area contributed by atoms with E-state index in [0.29, 0.717) is 0 Å². The first-order valence-corrected chi connectivity index (χ1v) is 11.4. The first kappa shape index (κ1) is 20.4. The zero-order chi connectivity index (χ0) is 21.9. The number of carbonyl (C=O) groups excluding carboxylic acids is 1. The summed E-state index contributed by atoms with van der Waals surface area (Å²) >= 11 is 0. The molecule has 0 radical (unpaired) electrons. The van der Waals surface area contributed by atoms with Crippen LogP contribution in [0.3, 0.4) is 0 Å². The number of nitrogens with one attached hydrogen (secondary N) is 1. The fourth-order valence-electron chi connectivity index (χ4n) is 4.68. The molecule has 0 atom stereocenters. The van der Waals surface area contributed by atoms with Gasteiger partial charge in [-0.1, -0.05) is 42.5 Å². The minimum Gasteiger partial charge on any atom is -0.457 e. The first-order chi connectivity index (χ1) is 15.7. The summed E-state index contributed by atoms with van der Waals surface area (Å²) in [5.41, 5.74) is 4.45. The minimum absolute atomic E-state index is 0.0299. The molecule has 3 aromatic rings. The Kier molecular flexibility index (Phi) is 5.71. The van der Waals surface area contributed by atoms with Crippen LogP contribution in [0.1, 0.15) is 24.0 Å². The summed E-state index contributed by atoms with van der Waals surface area (Å²) < 4.78 is 6.13. The van der Waals surface area contributed by atoms with E-state index in [2.05, 4.69) is 41.4 Å². The van der Waals surface area contributed by atoms with Gasteiger partial charge >= 0.3 is 6.03 Å². The quantitative estimate of drug-likeness (QED) is 0.568. The third-order valence-electron chi connectivity index (χ3n) is 6.56. The average Bonchev–Trinajstić information content (AvgIpc) is 2.99. The molecule has 2 aliphatic heterocycles. The molecule has 1 fully saturated rings. The maximum Gasteiger partial charge on any atom is 0.322 e. The normalized spacial score (nSPS) is 16.8. The molecular weight excluding hydrogens is 398 g/mol. The van der Waals surface area contributed by atoms with Crippen molar-refractivity contribution in [3.05, 3.63) is 83.9 Å². The Hall–Kier alpha value is -3.47. The van der Waals surface area contributed by atoms with E-state index in [1.54, 1.807) is 0 Å². The number of para-hydroxylation sites is 2. The van der Waals surface area contributed by atoms with Gasteiger partial charge in [0.15, 0.2) is 0 Å². The standard InChI is InChI=1S/C27H29N3O2/c1-20-11-12-23(19-26(20)32-24-8-3-2-4-9-24)29-16-14-22(15-17-29)30-18-13-21-7-5-6-10-25(21)28-27(30)31/h2-12,19,22H,13-18H2,1H3,(H,28,31). The Morgan fingerprint density at radius 2 is 1.66 bits per heavy atom. The van der Waals surface area contributed by atoms with Crippen LogP contribution in [-0.2, 0) is 6.42 Å². The van der Waals surface area contributed by atoms with Crippen LogP contribution in [0.15, 0.2) is 72.8 Å². The van der Waals surface area contributed by atoms with E-state index in [0.717, 1.165) is 61.6 Å². The second kappa shape index (κ2) is 8.95. The van der Waals surface area contributed by atoms with Crippen molar-refractivity contribution in [3.63, 3.8) is 0 Å². The predicted octanol–water partition coefficient (Wildman–Crippen LogP) is 5.85. The van der Waals surface area contributed by atoms with Crippen molar-refractivity contribution in [2.75, 3.05) is 29.9 Å². The molecule has 1 saturated heterocycles. The molecule has 2 heterocycles. The summed E-state index contributed by atoms with van der Waals surface area (Å²) in [6.45, 7) is 4.70. The summed E-state index contributed by atoms with van der Waals surface area (Å²) in [7, 11) is 0. The van der Waals surface area contributed by atoms with Crippen LogP contribution in [0.25, 0.3) is 0 Å². The largest absolute Gasteiger partial charge is 0.457 e. The number of amides is 2. The Morgan fingerprint density at radius 1 is 0.906 bits per heavy atom. The van der Waals surface area contributed by atoms with Gasteiger partial charge in [0, 0.05) is 43.1 Å². The highest BCUT2D eigenvalue weighted by Gasteiger charge is 2.30. The number of carbonyl (C=O) groups is 1. The van der Waals surface area contributed by atoms with Crippen LogP contribution in [0.5, 0.6) is 11.5 Å². The van der Waals surface area contributed by atoms with E-state index in [-0.39, 0.29) is 12.1 Å². The van der Waals surface area contributed by atoms with Crippen LogP contribution in [-0.4, -0.2) is 36.6 Å². The fourth-order valence-corrected chi connectivity index (χ4v) is 4.68. The topological polar surface area (TPSA) is 44.8 Å². The Labute approximate surface area is 189 Å². The summed E-state index contributed by atoms with van der Waals surface area (Å²) in [5.74, 6) is 1.74. The highest BCUT2D eigenvalue weighted by molar-refractivity contribution is 5.91. The highest BCUT2D eigenvalue weighted by Crippen LogP contribution is 2.32. The molecule has 5 rings (SSSR count). The lowest BCUT2D eigenvalue weighted by atomic mass is 10.0. The van der Waals surface area contributed by atoms with Crippen LogP contribution < -0.4 is 15.0 Å². The van der Waals surface area contributed by atoms with Gasteiger partial charge in [-0.05, 0) is 61.6 Å². The Bertz CT molecular complexity index is 1090. The molecule has 1 N–H and O–H groups in total. The SMILES string of the molecule is Cc1ccc(N2CCC(N3CCc4ccccc4NC3=O)CC2)cc1Oc1ccccc1. The Morgan fingerprint density at radius 3 is 2.47 bits per heavy atom. The third-order valence-corrected chi connectivity index (χ3v) is 6.56. The number of aryl methyl sites for hydroxylation is 1. The average molecular weight is 428 g/mol. The Balaban J connectivity index is 1.24. The number of rotatable bonds is 4. The lowest BCUT2D eigenvalue weighted by molar-refractivity contribution is 0.177. The van der Waals surface area contributed by atoms with Gasteiger partial charge in [-0.3, -0.25) is 0 Å². The molecule has 2 aliphatic rings. The van der Waals surface area contributed by atoms with E-state index >= 15 is 0 Å². The number of urea groups is 1. The van der Waals surface area contributed by atoms with Crippen molar-refractivity contribution in [1.29, 1.82) is 0 Å². The van der Waals surface area contributed by atoms with Gasteiger partial charge in [0.05, 0.1) is 0 Å². The monoisotopic (exact) mass is 427 g/mol. The number of hydrogen-bond donors (Lipinski definition) is 1. The van der Waals surface area contributed by atoms with E-state index in [9.17, 15) is 4.79 Å². The molecule has 5 nitrogen and oxygen atoms in total. The molecule has 2 amide bonds.